The standard InChI is InChI=1S/C16H23NO3S/c1-16(2,3)11-13-21(19,20)17-15-9-7-14(8-10-15)6-4-5-12-18/h7-10,17-18H,5,11-13H2,1-3H3. The van der Waals surface area contributed by atoms with E-state index in [4.69, 9.17) is 5.11 Å². The summed E-state index contributed by atoms with van der Waals surface area (Å²) in [5.41, 5.74) is 1.32. The van der Waals surface area contributed by atoms with E-state index in [1.807, 2.05) is 20.8 Å². The first kappa shape index (κ1) is 17.5. The molecule has 5 heteroatoms. The number of aliphatic hydroxyl groups is 1. The smallest absolute Gasteiger partial charge is 0.232 e. The maximum absolute atomic E-state index is 12.0. The summed E-state index contributed by atoms with van der Waals surface area (Å²) < 4.78 is 26.5. The van der Waals surface area contributed by atoms with E-state index in [2.05, 4.69) is 16.6 Å². The second kappa shape index (κ2) is 7.48. The third kappa shape index (κ3) is 7.74. The molecule has 116 valence electrons. The van der Waals surface area contributed by atoms with Gasteiger partial charge in [-0.2, -0.15) is 0 Å². The molecule has 0 amide bonds. The molecule has 1 aromatic carbocycles. The van der Waals surface area contributed by atoms with Crippen LogP contribution in [0.2, 0.25) is 0 Å². The molecular weight excluding hydrogens is 286 g/mol. The van der Waals surface area contributed by atoms with Crippen LogP contribution in [0.25, 0.3) is 0 Å². The molecule has 0 saturated carbocycles. The van der Waals surface area contributed by atoms with E-state index >= 15 is 0 Å². The molecule has 0 aliphatic carbocycles. The van der Waals surface area contributed by atoms with Gasteiger partial charge in [0.2, 0.25) is 10.0 Å². The van der Waals surface area contributed by atoms with Gasteiger partial charge in [-0.15, -0.1) is 0 Å². The Morgan fingerprint density at radius 3 is 2.33 bits per heavy atom. The highest BCUT2D eigenvalue weighted by atomic mass is 32.2. The molecule has 0 aliphatic rings. The van der Waals surface area contributed by atoms with Gasteiger partial charge in [0.1, 0.15) is 0 Å². The zero-order chi connectivity index (χ0) is 15.9. The molecule has 0 bridgehead atoms. The van der Waals surface area contributed by atoms with Gasteiger partial charge < -0.3 is 5.11 Å². The van der Waals surface area contributed by atoms with Crippen LogP contribution in [0, 0.1) is 17.3 Å². The van der Waals surface area contributed by atoms with E-state index in [0.29, 0.717) is 18.5 Å². The minimum absolute atomic E-state index is 0.0130. The van der Waals surface area contributed by atoms with Crippen molar-refractivity contribution in [2.24, 2.45) is 5.41 Å². The molecule has 0 unspecified atom stereocenters. The first-order chi connectivity index (χ1) is 9.72. The molecule has 1 aromatic rings. The number of benzene rings is 1. The number of rotatable bonds is 5. The number of hydrogen-bond acceptors (Lipinski definition) is 3. The van der Waals surface area contributed by atoms with Crippen LogP contribution >= 0.6 is 0 Å². The number of sulfonamides is 1. The van der Waals surface area contributed by atoms with Crippen molar-refractivity contribution < 1.29 is 13.5 Å². The summed E-state index contributed by atoms with van der Waals surface area (Å²) in [6, 6.07) is 6.90. The molecule has 4 nitrogen and oxygen atoms in total. The summed E-state index contributed by atoms with van der Waals surface area (Å²) in [4.78, 5) is 0. The van der Waals surface area contributed by atoms with Crippen LogP contribution in [0.3, 0.4) is 0 Å². The van der Waals surface area contributed by atoms with Crippen molar-refractivity contribution in [3.8, 4) is 11.8 Å². The average molecular weight is 309 g/mol. The molecule has 0 aliphatic heterocycles. The molecule has 0 saturated heterocycles. The van der Waals surface area contributed by atoms with Crippen LogP contribution in [0.1, 0.15) is 39.2 Å². The molecule has 0 spiro atoms. The predicted octanol–water partition coefficient (Wildman–Crippen LogP) is 2.60. The van der Waals surface area contributed by atoms with E-state index in [1.54, 1.807) is 24.3 Å². The van der Waals surface area contributed by atoms with Crippen LogP contribution in [-0.4, -0.2) is 25.9 Å². The Morgan fingerprint density at radius 1 is 1.19 bits per heavy atom. The molecule has 1 rings (SSSR count). The third-order valence-corrected chi connectivity index (χ3v) is 4.04. The van der Waals surface area contributed by atoms with Crippen molar-refractivity contribution >= 4 is 15.7 Å². The Labute approximate surface area is 127 Å². The Bertz CT molecular complexity index is 602. The fraction of sp³-hybridized carbons (Fsp3) is 0.500. The summed E-state index contributed by atoms with van der Waals surface area (Å²) >= 11 is 0. The normalized spacial score (nSPS) is 11.6. The van der Waals surface area contributed by atoms with Gasteiger partial charge in [-0.1, -0.05) is 32.6 Å². The first-order valence-corrected chi connectivity index (χ1v) is 8.57. The lowest BCUT2D eigenvalue weighted by Crippen LogP contribution is -2.20. The lowest BCUT2D eigenvalue weighted by molar-refractivity contribution is 0.305. The predicted molar refractivity (Wildman–Crippen MR) is 86.5 cm³/mol. The second-order valence-electron chi connectivity index (χ2n) is 6.08. The lowest BCUT2D eigenvalue weighted by Gasteiger charge is -2.18. The Hall–Kier alpha value is -1.51. The van der Waals surface area contributed by atoms with Crippen LogP contribution < -0.4 is 4.72 Å². The molecule has 0 atom stereocenters. The Kier molecular flexibility index (Phi) is 6.25. The van der Waals surface area contributed by atoms with Crippen molar-refractivity contribution in [3.63, 3.8) is 0 Å². The molecule has 21 heavy (non-hydrogen) atoms. The zero-order valence-electron chi connectivity index (χ0n) is 12.8. The van der Waals surface area contributed by atoms with E-state index in [1.165, 1.54) is 0 Å². The van der Waals surface area contributed by atoms with Crippen molar-refractivity contribution in [2.75, 3.05) is 17.1 Å². The van der Waals surface area contributed by atoms with Gasteiger partial charge in [0.15, 0.2) is 0 Å². The fourth-order valence-electron chi connectivity index (χ4n) is 1.51. The highest BCUT2D eigenvalue weighted by Crippen LogP contribution is 2.20. The molecule has 0 aromatic heterocycles. The van der Waals surface area contributed by atoms with Gasteiger partial charge in [0, 0.05) is 17.7 Å². The minimum Gasteiger partial charge on any atom is -0.395 e. The highest BCUT2D eigenvalue weighted by molar-refractivity contribution is 7.92. The SMILES string of the molecule is CC(C)(C)CCS(=O)(=O)Nc1ccc(C#CCCO)cc1. The van der Waals surface area contributed by atoms with Crippen molar-refractivity contribution in [2.45, 2.75) is 33.6 Å². The zero-order valence-corrected chi connectivity index (χ0v) is 13.6. The first-order valence-electron chi connectivity index (χ1n) is 6.92. The van der Waals surface area contributed by atoms with E-state index in [9.17, 15) is 8.42 Å². The number of hydrogen-bond donors (Lipinski definition) is 2. The van der Waals surface area contributed by atoms with Crippen molar-refractivity contribution in [1.29, 1.82) is 0 Å². The minimum atomic E-state index is -3.32. The van der Waals surface area contributed by atoms with E-state index in [0.717, 1.165) is 5.56 Å². The Morgan fingerprint density at radius 2 is 1.81 bits per heavy atom. The maximum atomic E-state index is 12.0. The summed E-state index contributed by atoms with van der Waals surface area (Å²) in [5, 5.41) is 8.64. The lowest BCUT2D eigenvalue weighted by atomic mass is 9.94. The Balaban J connectivity index is 2.65. The van der Waals surface area contributed by atoms with Gasteiger partial charge in [-0.25, -0.2) is 8.42 Å². The fourth-order valence-corrected chi connectivity index (χ4v) is 2.99. The maximum Gasteiger partial charge on any atom is 0.232 e. The van der Waals surface area contributed by atoms with Crippen molar-refractivity contribution in [3.05, 3.63) is 29.8 Å². The van der Waals surface area contributed by atoms with E-state index in [-0.39, 0.29) is 17.8 Å². The molecule has 0 fully saturated rings. The summed E-state index contributed by atoms with van der Waals surface area (Å²) in [5.74, 6) is 5.82. The van der Waals surface area contributed by atoms with Crippen LogP contribution in [0.4, 0.5) is 5.69 Å². The van der Waals surface area contributed by atoms with E-state index < -0.39 is 10.0 Å². The monoisotopic (exact) mass is 309 g/mol. The van der Waals surface area contributed by atoms with Crippen LogP contribution in [-0.2, 0) is 10.0 Å². The van der Waals surface area contributed by atoms with Crippen LogP contribution in [0.5, 0.6) is 0 Å². The van der Waals surface area contributed by atoms with Crippen LogP contribution in [0.15, 0.2) is 24.3 Å². The van der Waals surface area contributed by atoms with Gasteiger partial charge in [-0.3, -0.25) is 4.72 Å². The molecule has 2 N–H and O–H groups in total. The summed E-state index contributed by atoms with van der Waals surface area (Å²) in [7, 11) is -3.32. The van der Waals surface area contributed by atoms with Crippen molar-refractivity contribution in [1.82, 2.24) is 0 Å². The average Bonchev–Trinajstić information content (AvgIpc) is 2.38. The van der Waals surface area contributed by atoms with Gasteiger partial charge in [0.05, 0.1) is 12.4 Å². The summed E-state index contributed by atoms with van der Waals surface area (Å²) in [6.45, 7) is 6.09. The summed E-state index contributed by atoms with van der Waals surface area (Å²) in [6.07, 6.45) is 1.04. The topological polar surface area (TPSA) is 66.4 Å². The second-order valence-corrected chi connectivity index (χ2v) is 7.93. The third-order valence-electron chi connectivity index (χ3n) is 2.75. The molecule has 0 heterocycles. The number of aliphatic hydroxyl groups excluding tert-OH is 1. The van der Waals surface area contributed by atoms with Gasteiger partial charge in [0.25, 0.3) is 0 Å². The largest absolute Gasteiger partial charge is 0.395 e. The van der Waals surface area contributed by atoms with Gasteiger partial charge in [-0.05, 0) is 36.1 Å². The highest BCUT2D eigenvalue weighted by Gasteiger charge is 2.17. The number of nitrogens with one attached hydrogen (secondary N) is 1. The quantitative estimate of drug-likeness (QED) is 0.822. The molecular formula is C16H23NO3S. The molecule has 0 radical (unpaired) electrons. The van der Waals surface area contributed by atoms with Gasteiger partial charge >= 0.3 is 0 Å². The number of anilines is 1.